The lowest BCUT2D eigenvalue weighted by atomic mass is 10.0. The highest BCUT2D eigenvalue weighted by Gasteiger charge is 2.15. The lowest BCUT2D eigenvalue weighted by Crippen LogP contribution is -2.23. The van der Waals surface area contributed by atoms with Gasteiger partial charge in [-0.3, -0.25) is 0 Å². The monoisotopic (exact) mass is 201 g/mol. The van der Waals surface area contributed by atoms with Gasteiger partial charge in [0.2, 0.25) is 0 Å². The summed E-state index contributed by atoms with van der Waals surface area (Å²) in [5.74, 6) is 0.0147. The fourth-order valence-corrected chi connectivity index (χ4v) is 1.22. The Kier molecular flexibility index (Phi) is 3.14. The van der Waals surface area contributed by atoms with Crippen LogP contribution in [0.5, 0.6) is 5.75 Å². The third-order valence-electron chi connectivity index (χ3n) is 1.87. The molecule has 13 heavy (non-hydrogen) atoms. The summed E-state index contributed by atoms with van der Waals surface area (Å²) in [5.41, 5.74) is 6.14. The van der Waals surface area contributed by atoms with Crippen LogP contribution < -0.4 is 5.73 Å². The Hall–Kier alpha value is -0.770. The fourth-order valence-electron chi connectivity index (χ4n) is 1.06. The molecule has 2 atom stereocenters. The van der Waals surface area contributed by atoms with E-state index in [9.17, 15) is 10.2 Å². The van der Waals surface area contributed by atoms with Gasteiger partial charge in [-0.1, -0.05) is 17.7 Å². The Balaban J connectivity index is 3.01. The zero-order valence-corrected chi connectivity index (χ0v) is 7.99. The SMILES string of the molecule is C[C@@H](O)[C@@H](N)c1ccc(Cl)cc1O. The second-order valence-corrected chi connectivity index (χ2v) is 3.41. The van der Waals surface area contributed by atoms with Gasteiger partial charge in [0, 0.05) is 10.6 Å². The number of nitrogens with two attached hydrogens (primary N) is 1. The van der Waals surface area contributed by atoms with Crippen molar-refractivity contribution >= 4 is 11.6 Å². The molecule has 0 bridgehead atoms. The zero-order valence-electron chi connectivity index (χ0n) is 7.24. The molecule has 0 aliphatic rings. The molecule has 4 N–H and O–H groups in total. The molecular formula is C9H12ClNO2. The Labute approximate surface area is 81.8 Å². The van der Waals surface area contributed by atoms with E-state index in [-0.39, 0.29) is 5.75 Å². The number of benzene rings is 1. The first-order valence-electron chi connectivity index (χ1n) is 3.94. The van der Waals surface area contributed by atoms with Crippen LogP contribution in [-0.2, 0) is 0 Å². The van der Waals surface area contributed by atoms with Crippen molar-refractivity contribution in [3.63, 3.8) is 0 Å². The molecule has 0 aromatic heterocycles. The van der Waals surface area contributed by atoms with Gasteiger partial charge in [-0.2, -0.15) is 0 Å². The first-order chi connectivity index (χ1) is 6.02. The first-order valence-corrected chi connectivity index (χ1v) is 4.32. The highest BCUT2D eigenvalue weighted by atomic mass is 35.5. The molecule has 0 amide bonds. The number of hydrogen-bond acceptors (Lipinski definition) is 3. The predicted octanol–water partition coefficient (Wildman–Crippen LogP) is 1.43. The van der Waals surface area contributed by atoms with Crippen LogP contribution in [0.25, 0.3) is 0 Å². The summed E-state index contributed by atoms with van der Waals surface area (Å²) in [5, 5.41) is 19.1. The fraction of sp³-hybridized carbons (Fsp3) is 0.333. The van der Waals surface area contributed by atoms with Crippen molar-refractivity contribution in [3.05, 3.63) is 28.8 Å². The number of phenolic OH excluding ortho intramolecular Hbond substituents is 1. The van der Waals surface area contributed by atoms with Crippen molar-refractivity contribution in [2.24, 2.45) is 5.73 Å². The third kappa shape index (κ3) is 2.34. The smallest absolute Gasteiger partial charge is 0.121 e. The van der Waals surface area contributed by atoms with Crippen LogP contribution in [0, 0.1) is 0 Å². The topological polar surface area (TPSA) is 66.5 Å². The number of aliphatic hydroxyl groups is 1. The van der Waals surface area contributed by atoms with E-state index in [1.807, 2.05) is 0 Å². The number of rotatable bonds is 2. The van der Waals surface area contributed by atoms with Crippen molar-refractivity contribution in [2.45, 2.75) is 19.1 Å². The maximum Gasteiger partial charge on any atom is 0.121 e. The molecule has 4 heteroatoms. The quantitative estimate of drug-likeness (QED) is 0.678. The molecule has 0 aliphatic heterocycles. The Morgan fingerprint density at radius 1 is 1.46 bits per heavy atom. The van der Waals surface area contributed by atoms with E-state index in [0.29, 0.717) is 10.6 Å². The summed E-state index contributed by atoms with van der Waals surface area (Å²) in [4.78, 5) is 0. The van der Waals surface area contributed by atoms with Gasteiger partial charge in [0.1, 0.15) is 5.75 Å². The molecule has 0 aliphatic carbocycles. The molecule has 0 radical (unpaired) electrons. The molecule has 0 saturated heterocycles. The van der Waals surface area contributed by atoms with Crippen LogP contribution in [0.4, 0.5) is 0 Å². The average Bonchev–Trinajstić information content (AvgIpc) is 2.03. The molecule has 72 valence electrons. The minimum Gasteiger partial charge on any atom is -0.508 e. The second kappa shape index (κ2) is 3.96. The van der Waals surface area contributed by atoms with E-state index in [2.05, 4.69) is 0 Å². The van der Waals surface area contributed by atoms with E-state index in [1.54, 1.807) is 19.1 Å². The Bertz CT molecular complexity index is 302. The third-order valence-corrected chi connectivity index (χ3v) is 2.11. The Morgan fingerprint density at radius 2 is 2.08 bits per heavy atom. The van der Waals surface area contributed by atoms with Crippen molar-refractivity contribution in [2.75, 3.05) is 0 Å². The molecule has 0 spiro atoms. The molecule has 1 aromatic rings. The highest BCUT2D eigenvalue weighted by Crippen LogP contribution is 2.27. The van der Waals surface area contributed by atoms with E-state index in [4.69, 9.17) is 17.3 Å². The summed E-state index contributed by atoms with van der Waals surface area (Å²) in [6, 6.07) is 4.05. The van der Waals surface area contributed by atoms with E-state index >= 15 is 0 Å². The highest BCUT2D eigenvalue weighted by molar-refractivity contribution is 6.30. The van der Waals surface area contributed by atoms with Gasteiger partial charge in [-0.05, 0) is 19.1 Å². The lowest BCUT2D eigenvalue weighted by Gasteiger charge is -2.16. The number of halogens is 1. The summed E-state index contributed by atoms with van der Waals surface area (Å²) in [7, 11) is 0. The van der Waals surface area contributed by atoms with Gasteiger partial charge in [-0.25, -0.2) is 0 Å². The van der Waals surface area contributed by atoms with Gasteiger partial charge in [0.05, 0.1) is 12.1 Å². The van der Waals surface area contributed by atoms with Crippen LogP contribution >= 0.6 is 11.6 Å². The molecule has 1 aromatic carbocycles. The van der Waals surface area contributed by atoms with Crippen LogP contribution in [0.15, 0.2) is 18.2 Å². The minimum absolute atomic E-state index is 0.0147. The average molecular weight is 202 g/mol. The molecule has 1 rings (SSSR count). The minimum atomic E-state index is -0.702. The number of hydrogen-bond donors (Lipinski definition) is 3. The van der Waals surface area contributed by atoms with Crippen molar-refractivity contribution < 1.29 is 10.2 Å². The van der Waals surface area contributed by atoms with Gasteiger partial charge < -0.3 is 15.9 Å². The standard InChI is InChI=1S/C9H12ClNO2/c1-5(12)9(11)7-3-2-6(10)4-8(7)13/h2-5,9,12-13H,11H2,1H3/t5-,9-/m1/s1. The summed E-state index contributed by atoms with van der Waals surface area (Å²) in [6.45, 7) is 1.57. The van der Waals surface area contributed by atoms with E-state index < -0.39 is 12.1 Å². The van der Waals surface area contributed by atoms with Crippen LogP contribution in [0.1, 0.15) is 18.5 Å². The largest absolute Gasteiger partial charge is 0.508 e. The van der Waals surface area contributed by atoms with E-state index in [1.165, 1.54) is 6.07 Å². The number of aliphatic hydroxyl groups excluding tert-OH is 1. The van der Waals surface area contributed by atoms with Crippen LogP contribution in [0.3, 0.4) is 0 Å². The van der Waals surface area contributed by atoms with Gasteiger partial charge in [0.25, 0.3) is 0 Å². The first kappa shape index (κ1) is 10.3. The summed E-state index contributed by atoms with van der Waals surface area (Å²) in [6.07, 6.45) is -0.702. The normalized spacial score (nSPS) is 15.4. The number of aromatic hydroxyl groups is 1. The van der Waals surface area contributed by atoms with Gasteiger partial charge in [-0.15, -0.1) is 0 Å². The predicted molar refractivity (Wildman–Crippen MR) is 51.7 cm³/mol. The maximum atomic E-state index is 9.44. The lowest BCUT2D eigenvalue weighted by molar-refractivity contribution is 0.163. The molecule has 0 unspecified atom stereocenters. The molecule has 0 heterocycles. The van der Waals surface area contributed by atoms with Crippen molar-refractivity contribution in [1.29, 1.82) is 0 Å². The Morgan fingerprint density at radius 3 is 2.54 bits per heavy atom. The molecular weight excluding hydrogens is 190 g/mol. The molecule has 3 nitrogen and oxygen atoms in total. The van der Waals surface area contributed by atoms with Crippen molar-refractivity contribution in [3.8, 4) is 5.75 Å². The van der Waals surface area contributed by atoms with Crippen molar-refractivity contribution in [1.82, 2.24) is 0 Å². The van der Waals surface area contributed by atoms with Gasteiger partial charge >= 0.3 is 0 Å². The molecule has 0 saturated carbocycles. The maximum absolute atomic E-state index is 9.44. The van der Waals surface area contributed by atoms with Crippen LogP contribution in [0.2, 0.25) is 5.02 Å². The van der Waals surface area contributed by atoms with Crippen LogP contribution in [-0.4, -0.2) is 16.3 Å². The number of phenols is 1. The van der Waals surface area contributed by atoms with Gasteiger partial charge in [0.15, 0.2) is 0 Å². The zero-order chi connectivity index (χ0) is 10.0. The molecule has 0 fully saturated rings. The summed E-state index contributed by atoms with van der Waals surface area (Å²) < 4.78 is 0. The van der Waals surface area contributed by atoms with E-state index in [0.717, 1.165) is 0 Å². The second-order valence-electron chi connectivity index (χ2n) is 2.97. The summed E-state index contributed by atoms with van der Waals surface area (Å²) >= 11 is 5.64.